The summed E-state index contributed by atoms with van der Waals surface area (Å²) in [7, 11) is 1.48. The van der Waals surface area contributed by atoms with Crippen molar-refractivity contribution in [2.45, 2.75) is 25.9 Å². The van der Waals surface area contributed by atoms with E-state index in [-0.39, 0.29) is 18.9 Å². The number of carbonyl (C=O) groups excluding carboxylic acids is 1. The fraction of sp³-hybridized carbons (Fsp3) is 0.529. The number of amides is 1. The Hall–Kier alpha value is -1.99. The lowest BCUT2D eigenvalue weighted by Crippen LogP contribution is -2.46. The quantitative estimate of drug-likeness (QED) is 0.792. The average molecular weight is 372 g/mol. The van der Waals surface area contributed by atoms with Gasteiger partial charge in [0.1, 0.15) is 0 Å². The average Bonchev–Trinajstić information content (AvgIpc) is 2.59. The summed E-state index contributed by atoms with van der Waals surface area (Å²) in [5.74, 6) is -0.407. The van der Waals surface area contributed by atoms with Crippen LogP contribution in [0.15, 0.2) is 12.1 Å². The molecule has 1 heterocycles. The summed E-state index contributed by atoms with van der Waals surface area (Å²) in [6.07, 6.45) is 0.163. The molecule has 1 aliphatic heterocycles. The van der Waals surface area contributed by atoms with E-state index in [0.29, 0.717) is 41.8 Å². The molecule has 0 radical (unpaired) electrons. The Kier molecular flexibility index (Phi) is 6.90. The number of halogens is 1. The topological polar surface area (TPSA) is 85.3 Å². The Bertz CT molecular complexity index is 636. The first-order valence-electron chi connectivity index (χ1n) is 8.09. The minimum Gasteiger partial charge on any atom is -0.493 e. The number of carbonyl (C=O) groups is 2. The zero-order valence-corrected chi connectivity index (χ0v) is 15.0. The van der Waals surface area contributed by atoms with Gasteiger partial charge in [0.05, 0.1) is 37.9 Å². The van der Waals surface area contributed by atoms with Crippen LogP contribution in [0.3, 0.4) is 0 Å². The van der Waals surface area contributed by atoms with Gasteiger partial charge in [0.15, 0.2) is 11.5 Å². The fourth-order valence-electron chi connectivity index (χ4n) is 2.59. The van der Waals surface area contributed by atoms with Crippen molar-refractivity contribution in [2.24, 2.45) is 0 Å². The number of rotatable bonds is 7. The summed E-state index contributed by atoms with van der Waals surface area (Å²) < 4.78 is 16.3. The van der Waals surface area contributed by atoms with Crippen LogP contribution in [-0.4, -0.2) is 61.4 Å². The van der Waals surface area contributed by atoms with Gasteiger partial charge in [0.25, 0.3) is 5.91 Å². The molecule has 0 unspecified atom stereocenters. The molecule has 1 fully saturated rings. The van der Waals surface area contributed by atoms with Crippen LogP contribution in [-0.2, 0) is 9.53 Å². The van der Waals surface area contributed by atoms with Crippen molar-refractivity contribution in [1.29, 1.82) is 0 Å². The number of benzene rings is 1. The summed E-state index contributed by atoms with van der Waals surface area (Å²) in [4.78, 5) is 25.1. The molecular formula is C17H22ClNO6. The molecule has 0 saturated carbocycles. The largest absolute Gasteiger partial charge is 0.493 e. The van der Waals surface area contributed by atoms with Gasteiger partial charge in [-0.3, -0.25) is 9.59 Å². The molecule has 0 aromatic heterocycles. The molecule has 1 aromatic carbocycles. The van der Waals surface area contributed by atoms with Crippen LogP contribution in [0.1, 0.15) is 30.1 Å². The summed E-state index contributed by atoms with van der Waals surface area (Å²) in [6.45, 7) is 3.38. The van der Waals surface area contributed by atoms with Crippen molar-refractivity contribution in [3.63, 3.8) is 0 Å². The molecule has 1 atom stereocenters. The summed E-state index contributed by atoms with van der Waals surface area (Å²) in [5, 5.41) is 9.18. The SMILES string of the molecule is CCCOc1c(Cl)cc(C(=O)N2CCO[C@@H](CC(=O)O)C2)cc1OC. The first-order valence-corrected chi connectivity index (χ1v) is 8.47. The highest BCUT2D eigenvalue weighted by Crippen LogP contribution is 2.37. The molecule has 2 rings (SSSR count). The Morgan fingerprint density at radius 1 is 1.44 bits per heavy atom. The number of nitrogens with zero attached hydrogens (tertiary/aromatic N) is 1. The first-order chi connectivity index (χ1) is 12.0. The molecule has 1 N–H and O–H groups in total. The Labute approximate surface area is 151 Å². The number of carboxylic acid groups (broad SMARTS) is 1. The van der Waals surface area contributed by atoms with E-state index in [9.17, 15) is 9.59 Å². The van der Waals surface area contributed by atoms with Crippen molar-refractivity contribution in [3.05, 3.63) is 22.7 Å². The summed E-state index contributed by atoms with van der Waals surface area (Å²) in [6, 6.07) is 3.12. The van der Waals surface area contributed by atoms with Crippen molar-refractivity contribution < 1.29 is 28.9 Å². The van der Waals surface area contributed by atoms with E-state index in [0.717, 1.165) is 6.42 Å². The molecule has 138 valence electrons. The van der Waals surface area contributed by atoms with Gasteiger partial charge in [-0.15, -0.1) is 0 Å². The van der Waals surface area contributed by atoms with E-state index in [2.05, 4.69) is 0 Å². The minimum atomic E-state index is -0.957. The lowest BCUT2D eigenvalue weighted by Gasteiger charge is -2.32. The Morgan fingerprint density at radius 2 is 2.20 bits per heavy atom. The second-order valence-electron chi connectivity index (χ2n) is 5.68. The number of morpholine rings is 1. The van der Waals surface area contributed by atoms with Crippen LogP contribution in [0.25, 0.3) is 0 Å². The molecule has 0 spiro atoms. The smallest absolute Gasteiger partial charge is 0.306 e. The third kappa shape index (κ3) is 4.99. The molecule has 8 heteroatoms. The predicted molar refractivity (Wildman–Crippen MR) is 91.7 cm³/mol. The number of hydrogen-bond acceptors (Lipinski definition) is 5. The van der Waals surface area contributed by atoms with E-state index in [4.69, 9.17) is 30.9 Å². The highest BCUT2D eigenvalue weighted by Gasteiger charge is 2.27. The zero-order chi connectivity index (χ0) is 18.4. The van der Waals surface area contributed by atoms with Gasteiger partial charge in [-0.2, -0.15) is 0 Å². The van der Waals surface area contributed by atoms with Crippen LogP contribution in [0, 0.1) is 0 Å². The fourth-order valence-corrected chi connectivity index (χ4v) is 2.86. The van der Waals surface area contributed by atoms with Gasteiger partial charge in [-0.1, -0.05) is 18.5 Å². The zero-order valence-electron chi connectivity index (χ0n) is 14.3. The van der Waals surface area contributed by atoms with Gasteiger partial charge < -0.3 is 24.2 Å². The van der Waals surface area contributed by atoms with Gasteiger partial charge in [-0.05, 0) is 18.6 Å². The molecule has 7 nitrogen and oxygen atoms in total. The van der Waals surface area contributed by atoms with Crippen molar-refractivity contribution in [3.8, 4) is 11.5 Å². The molecule has 1 aromatic rings. The molecule has 1 aliphatic rings. The second-order valence-corrected chi connectivity index (χ2v) is 6.09. The lowest BCUT2D eigenvalue weighted by molar-refractivity contribution is -0.141. The maximum Gasteiger partial charge on any atom is 0.306 e. The number of ether oxygens (including phenoxy) is 3. The van der Waals surface area contributed by atoms with Gasteiger partial charge in [0.2, 0.25) is 0 Å². The highest BCUT2D eigenvalue weighted by atomic mass is 35.5. The van der Waals surface area contributed by atoms with E-state index in [1.807, 2.05) is 6.92 Å². The molecule has 0 aliphatic carbocycles. The van der Waals surface area contributed by atoms with Gasteiger partial charge >= 0.3 is 5.97 Å². The van der Waals surface area contributed by atoms with Crippen LogP contribution in [0.4, 0.5) is 0 Å². The van der Waals surface area contributed by atoms with E-state index in [1.54, 1.807) is 17.0 Å². The summed E-state index contributed by atoms with van der Waals surface area (Å²) in [5.41, 5.74) is 0.363. The van der Waals surface area contributed by atoms with Gasteiger partial charge in [0, 0.05) is 18.7 Å². The minimum absolute atomic E-state index is 0.141. The van der Waals surface area contributed by atoms with Crippen molar-refractivity contribution >= 4 is 23.5 Å². The molecule has 1 saturated heterocycles. The number of methoxy groups -OCH3 is 1. The molecule has 1 amide bonds. The maximum atomic E-state index is 12.7. The second kappa shape index (κ2) is 8.92. The summed E-state index contributed by atoms with van der Waals surface area (Å²) >= 11 is 6.25. The highest BCUT2D eigenvalue weighted by molar-refractivity contribution is 6.32. The number of hydrogen-bond donors (Lipinski definition) is 1. The van der Waals surface area contributed by atoms with Crippen LogP contribution in [0.2, 0.25) is 5.02 Å². The third-order valence-electron chi connectivity index (χ3n) is 3.76. The van der Waals surface area contributed by atoms with E-state index >= 15 is 0 Å². The first kappa shape index (κ1) is 19.3. The number of carboxylic acids is 1. The standard InChI is InChI=1S/C17H22ClNO6/c1-3-5-25-16-13(18)7-11(8-14(16)23-2)17(22)19-4-6-24-12(10-19)9-15(20)21/h7-8,12H,3-6,9-10H2,1-2H3,(H,20,21)/t12-/m0/s1. The van der Waals surface area contributed by atoms with Crippen LogP contribution in [0.5, 0.6) is 11.5 Å². The number of aliphatic carboxylic acids is 1. The lowest BCUT2D eigenvalue weighted by atomic mass is 10.1. The van der Waals surface area contributed by atoms with E-state index in [1.165, 1.54) is 7.11 Å². The monoisotopic (exact) mass is 371 g/mol. The van der Waals surface area contributed by atoms with Crippen LogP contribution >= 0.6 is 11.6 Å². The van der Waals surface area contributed by atoms with Crippen LogP contribution < -0.4 is 9.47 Å². The van der Waals surface area contributed by atoms with Gasteiger partial charge in [-0.25, -0.2) is 0 Å². The Balaban J connectivity index is 2.18. The van der Waals surface area contributed by atoms with E-state index < -0.39 is 12.1 Å². The normalized spacial score (nSPS) is 17.2. The molecule has 0 bridgehead atoms. The molecule has 25 heavy (non-hydrogen) atoms. The Morgan fingerprint density at radius 3 is 2.84 bits per heavy atom. The maximum absolute atomic E-state index is 12.7. The van der Waals surface area contributed by atoms with Crippen molar-refractivity contribution in [2.75, 3.05) is 33.4 Å². The molecular weight excluding hydrogens is 350 g/mol. The third-order valence-corrected chi connectivity index (χ3v) is 4.04. The van der Waals surface area contributed by atoms with Crippen molar-refractivity contribution in [1.82, 2.24) is 4.90 Å². The predicted octanol–water partition coefficient (Wildman–Crippen LogP) is 2.45.